The van der Waals surface area contributed by atoms with Gasteiger partial charge in [0.25, 0.3) is 0 Å². The number of alkyl halides is 2. The molecule has 0 aliphatic carbocycles. The molecule has 0 amide bonds. The van der Waals surface area contributed by atoms with Crippen molar-refractivity contribution in [3.8, 4) is 17.0 Å². The highest BCUT2D eigenvalue weighted by atomic mass is 127. The normalized spacial score (nSPS) is 11.9. The molecule has 1 unspecified atom stereocenters. The van der Waals surface area contributed by atoms with Crippen molar-refractivity contribution in [1.29, 1.82) is 0 Å². The van der Waals surface area contributed by atoms with E-state index in [1.54, 1.807) is 12.3 Å². The molecule has 0 aliphatic rings. The molecule has 0 fully saturated rings. The van der Waals surface area contributed by atoms with Crippen LogP contribution in [0.2, 0.25) is 0 Å². The smallest absolute Gasteiger partial charge is 0.344 e. The summed E-state index contributed by atoms with van der Waals surface area (Å²) in [5.41, 5.74) is 1.48. The minimum atomic E-state index is -0.363. The number of esters is 1. The van der Waals surface area contributed by atoms with Crippen molar-refractivity contribution in [1.82, 2.24) is 4.98 Å². The lowest BCUT2D eigenvalue weighted by Crippen LogP contribution is -2.18. The molecule has 0 saturated heterocycles. The summed E-state index contributed by atoms with van der Waals surface area (Å²) in [5.74, 6) is 0.400. The van der Waals surface area contributed by atoms with Crippen molar-refractivity contribution in [3.63, 3.8) is 0 Å². The number of halogens is 2. The van der Waals surface area contributed by atoms with Crippen LogP contribution in [0, 0.1) is 0 Å². The summed E-state index contributed by atoms with van der Waals surface area (Å²) in [6.07, 6.45) is 13.3. The van der Waals surface area contributed by atoms with Crippen LogP contribution in [0.1, 0.15) is 64.2 Å². The first-order chi connectivity index (χ1) is 18.1. The zero-order chi connectivity index (χ0) is 26.3. The Hall–Kier alpha value is -1.69. The predicted octanol–water partition coefficient (Wildman–Crippen LogP) is 7.92. The van der Waals surface area contributed by atoms with Gasteiger partial charge < -0.3 is 13.9 Å². The average Bonchev–Trinajstić information content (AvgIpc) is 2.92. The van der Waals surface area contributed by atoms with Crippen LogP contribution < -0.4 is 10.4 Å². The Labute approximate surface area is 246 Å². The van der Waals surface area contributed by atoms with Gasteiger partial charge in [-0.3, -0.25) is 4.79 Å². The third kappa shape index (κ3) is 10.5. The third-order valence-electron chi connectivity index (χ3n) is 6.10. The molecular formula is C29H35I2NO5. The summed E-state index contributed by atoms with van der Waals surface area (Å²) in [7, 11) is 0. The monoisotopic (exact) mass is 731 g/mol. The number of nitrogens with zero attached hydrogens (tertiary/aromatic N) is 1. The number of rotatable bonds is 17. The highest BCUT2D eigenvalue weighted by Gasteiger charge is 2.13. The second kappa shape index (κ2) is 17.0. The van der Waals surface area contributed by atoms with E-state index in [1.807, 2.05) is 36.4 Å². The maximum absolute atomic E-state index is 12.4. The summed E-state index contributed by atoms with van der Waals surface area (Å²) < 4.78 is 17.4. The zero-order valence-electron chi connectivity index (χ0n) is 21.1. The highest BCUT2D eigenvalue weighted by molar-refractivity contribution is 14.1. The molecule has 0 bridgehead atoms. The van der Waals surface area contributed by atoms with Gasteiger partial charge in [-0.2, -0.15) is 0 Å². The lowest BCUT2D eigenvalue weighted by atomic mass is 10.1. The summed E-state index contributed by atoms with van der Waals surface area (Å²) in [6, 6.07) is 13.0. The SMILES string of the molecule is O=C(OCCCCCCCCCCCCOc1cc2oc(=O)c(-c3ccccc3)cc2cn1)C(I)CI. The Morgan fingerprint density at radius 3 is 2.16 bits per heavy atom. The lowest BCUT2D eigenvalue weighted by molar-refractivity contribution is -0.142. The second-order valence-corrected chi connectivity index (χ2v) is 11.4. The van der Waals surface area contributed by atoms with Crippen molar-refractivity contribution >= 4 is 62.1 Å². The van der Waals surface area contributed by atoms with Crippen molar-refractivity contribution in [2.24, 2.45) is 0 Å². The van der Waals surface area contributed by atoms with Crippen molar-refractivity contribution < 1.29 is 18.7 Å². The summed E-state index contributed by atoms with van der Waals surface area (Å²) in [4.78, 5) is 28.4. The molecule has 0 N–H and O–H groups in total. The number of carbonyl (C=O) groups excluding carboxylic acids is 1. The number of fused-ring (bicyclic) bond motifs is 1. The molecule has 200 valence electrons. The van der Waals surface area contributed by atoms with Gasteiger partial charge in [0.15, 0.2) is 0 Å². The van der Waals surface area contributed by atoms with Crippen LogP contribution in [-0.2, 0) is 9.53 Å². The molecular weight excluding hydrogens is 696 g/mol. The Morgan fingerprint density at radius 2 is 1.51 bits per heavy atom. The largest absolute Gasteiger partial charge is 0.478 e. The van der Waals surface area contributed by atoms with Crippen LogP contribution in [0.25, 0.3) is 22.1 Å². The lowest BCUT2D eigenvalue weighted by Gasteiger charge is -2.08. The summed E-state index contributed by atoms with van der Waals surface area (Å²) in [5, 5.41) is 0.773. The van der Waals surface area contributed by atoms with Gasteiger partial charge in [0.1, 0.15) is 9.51 Å². The highest BCUT2D eigenvalue weighted by Crippen LogP contribution is 2.23. The molecule has 1 aromatic carbocycles. The molecule has 0 saturated carbocycles. The maximum atomic E-state index is 12.4. The van der Waals surface area contributed by atoms with Crippen molar-refractivity contribution in [3.05, 3.63) is 59.1 Å². The van der Waals surface area contributed by atoms with Crippen molar-refractivity contribution in [2.75, 3.05) is 17.6 Å². The van der Waals surface area contributed by atoms with E-state index in [2.05, 4.69) is 50.2 Å². The second-order valence-electron chi connectivity index (χ2n) is 9.05. The van der Waals surface area contributed by atoms with E-state index >= 15 is 0 Å². The molecule has 3 aromatic rings. The molecule has 0 spiro atoms. The molecule has 2 heterocycles. The van der Waals surface area contributed by atoms with Gasteiger partial charge in [0, 0.05) is 22.1 Å². The Bertz CT molecular complexity index is 1150. The van der Waals surface area contributed by atoms with E-state index in [-0.39, 0.29) is 15.5 Å². The first-order valence-corrected chi connectivity index (χ1v) is 15.8. The number of ether oxygens (including phenoxy) is 2. The maximum Gasteiger partial charge on any atom is 0.344 e. The van der Waals surface area contributed by atoms with E-state index in [9.17, 15) is 9.59 Å². The van der Waals surface area contributed by atoms with Gasteiger partial charge in [-0.1, -0.05) is 127 Å². The van der Waals surface area contributed by atoms with E-state index in [4.69, 9.17) is 13.9 Å². The van der Waals surface area contributed by atoms with E-state index in [1.165, 1.54) is 38.5 Å². The van der Waals surface area contributed by atoms with Crippen LogP contribution in [0.15, 0.2) is 57.9 Å². The molecule has 8 heteroatoms. The molecule has 0 aliphatic heterocycles. The fourth-order valence-electron chi connectivity index (χ4n) is 4.01. The van der Waals surface area contributed by atoms with Gasteiger partial charge in [-0.05, 0) is 24.5 Å². The van der Waals surface area contributed by atoms with Crippen LogP contribution in [0.5, 0.6) is 5.88 Å². The molecule has 37 heavy (non-hydrogen) atoms. The molecule has 0 radical (unpaired) electrons. The van der Waals surface area contributed by atoms with E-state index in [0.29, 0.717) is 30.2 Å². The first-order valence-electron chi connectivity index (χ1n) is 13.1. The van der Waals surface area contributed by atoms with Gasteiger partial charge in [-0.15, -0.1) is 0 Å². The number of pyridine rings is 1. The number of carbonyl (C=O) groups is 1. The standard InChI is InChI=1S/C29H35I2NO5/c30-20-25(31)29(34)36-17-13-8-6-4-2-1-3-5-7-12-16-35-27-19-26-23(21-32-27)18-24(28(33)37-26)22-14-10-9-11-15-22/h9-11,14-15,18-19,21,25H,1-8,12-13,16-17,20H2. The van der Waals surface area contributed by atoms with Gasteiger partial charge in [-0.25, -0.2) is 9.78 Å². The minimum Gasteiger partial charge on any atom is -0.478 e. The van der Waals surface area contributed by atoms with Crippen LogP contribution in [0.3, 0.4) is 0 Å². The average molecular weight is 731 g/mol. The fourth-order valence-corrected chi connectivity index (χ4v) is 4.55. The number of aromatic nitrogens is 1. The van der Waals surface area contributed by atoms with Crippen molar-refractivity contribution in [2.45, 2.75) is 68.1 Å². The first kappa shape index (κ1) is 29.9. The predicted molar refractivity (Wildman–Crippen MR) is 165 cm³/mol. The molecule has 1 atom stereocenters. The van der Waals surface area contributed by atoms with E-state index < -0.39 is 0 Å². The Kier molecular flexibility index (Phi) is 13.7. The quantitative estimate of drug-likeness (QED) is 0.0608. The molecule has 3 rings (SSSR count). The molecule has 2 aromatic heterocycles. The van der Waals surface area contributed by atoms with E-state index in [0.717, 1.165) is 41.1 Å². The Morgan fingerprint density at radius 1 is 0.892 bits per heavy atom. The van der Waals surface area contributed by atoms with Crippen LogP contribution in [-0.4, -0.2) is 32.5 Å². The number of unbranched alkanes of at least 4 members (excludes halogenated alkanes) is 9. The van der Waals surface area contributed by atoms with Gasteiger partial charge in [0.2, 0.25) is 5.88 Å². The molecule has 6 nitrogen and oxygen atoms in total. The number of hydrogen-bond acceptors (Lipinski definition) is 6. The summed E-state index contributed by atoms with van der Waals surface area (Å²) >= 11 is 4.34. The van der Waals surface area contributed by atoms with Crippen LogP contribution >= 0.6 is 45.2 Å². The fraction of sp³-hybridized carbons (Fsp3) is 0.483. The number of benzene rings is 1. The third-order valence-corrected chi connectivity index (χ3v) is 9.62. The summed E-state index contributed by atoms with van der Waals surface area (Å²) in [6.45, 7) is 1.15. The topological polar surface area (TPSA) is 78.6 Å². The zero-order valence-corrected chi connectivity index (χ0v) is 25.4. The Balaban J connectivity index is 1.22. The number of hydrogen-bond donors (Lipinski definition) is 0. The minimum absolute atomic E-state index is 0.0292. The van der Waals surface area contributed by atoms with Gasteiger partial charge >= 0.3 is 11.6 Å². The van der Waals surface area contributed by atoms with Crippen LogP contribution in [0.4, 0.5) is 0 Å². The van der Waals surface area contributed by atoms with Gasteiger partial charge in [0.05, 0.1) is 18.8 Å².